The lowest BCUT2D eigenvalue weighted by molar-refractivity contribution is -0.128. The van der Waals surface area contributed by atoms with Gasteiger partial charge >= 0.3 is 0 Å². The predicted molar refractivity (Wildman–Crippen MR) is 111 cm³/mol. The van der Waals surface area contributed by atoms with E-state index in [1.54, 1.807) is 18.9 Å². The molecule has 0 aliphatic carbocycles. The molecule has 0 heterocycles. The highest BCUT2D eigenvalue weighted by molar-refractivity contribution is 5.90. The standard InChI is InChI=1S/C23H30N2O2/c1-17(26)25(5)16-19-7-6-8-21(15-19)24-22(27)14-11-18-9-12-20(13-10-18)23(2,3)4/h6-10,12-13,15H,11,14,16H2,1-5H3,(H,24,27). The molecule has 0 radical (unpaired) electrons. The molecule has 4 heteroatoms. The van der Waals surface area contributed by atoms with Crippen LogP contribution in [0.5, 0.6) is 0 Å². The number of benzene rings is 2. The Morgan fingerprint density at radius 2 is 1.67 bits per heavy atom. The zero-order valence-electron chi connectivity index (χ0n) is 17.0. The average Bonchev–Trinajstić information content (AvgIpc) is 2.60. The van der Waals surface area contributed by atoms with E-state index < -0.39 is 0 Å². The smallest absolute Gasteiger partial charge is 0.224 e. The first kappa shape index (κ1) is 20.7. The van der Waals surface area contributed by atoms with Crippen LogP contribution in [0.3, 0.4) is 0 Å². The van der Waals surface area contributed by atoms with Gasteiger partial charge in [-0.05, 0) is 40.7 Å². The summed E-state index contributed by atoms with van der Waals surface area (Å²) in [6.45, 7) is 8.64. The Kier molecular flexibility index (Phi) is 6.78. The second kappa shape index (κ2) is 8.85. The molecule has 0 aromatic heterocycles. The molecule has 0 spiro atoms. The minimum atomic E-state index is -0.00743. The molecule has 0 aliphatic heterocycles. The lowest BCUT2D eigenvalue weighted by Crippen LogP contribution is -2.23. The van der Waals surface area contributed by atoms with Gasteiger partial charge in [0.25, 0.3) is 0 Å². The molecule has 2 aromatic carbocycles. The summed E-state index contributed by atoms with van der Waals surface area (Å²) in [4.78, 5) is 25.3. The SMILES string of the molecule is CC(=O)N(C)Cc1cccc(NC(=O)CCc2ccc(C(C)(C)C)cc2)c1. The molecule has 2 amide bonds. The molecule has 0 unspecified atom stereocenters. The zero-order chi connectivity index (χ0) is 20.0. The number of amides is 2. The van der Waals surface area contributed by atoms with Crippen molar-refractivity contribution in [1.29, 1.82) is 0 Å². The molecule has 0 saturated carbocycles. The molecule has 0 atom stereocenters. The number of nitrogens with zero attached hydrogens (tertiary/aromatic N) is 1. The summed E-state index contributed by atoms with van der Waals surface area (Å²) in [7, 11) is 1.76. The summed E-state index contributed by atoms with van der Waals surface area (Å²) in [5.74, 6) is 0.00823. The zero-order valence-corrected chi connectivity index (χ0v) is 17.0. The van der Waals surface area contributed by atoms with E-state index in [0.29, 0.717) is 19.4 Å². The molecule has 27 heavy (non-hydrogen) atoms. The van der Waals surface area contributed by atoms with Crippen molar-refractivity contribution in [3.63, 3.8) is 0 Å². The maximum atomic E-state index is 12.3. The van der Waals surface area contributed by atoms with Crippen molar-refractivity contribution in [1.82, 2.24) is 4.90 Å². The number of nitrogens with one attached hydrogen (secondary N) is 1. The van der Waals surface area contributed by atoms with E-state index >= 15 is 0 Å². The topological polar surface area (TPSA) is 49.4 Å². The minimum Gasteiger partial charge on any atom is -0.342 e. The van der Waals surface area contributed by atoms with Gasteiger partial charge in [-0.15, -0.1) is 0 Å². The molecule has 2 aromatic rings. The summed E-state index contributed by atoms with van der Waals surface area (Å²) in [5.41, 5.74) is 4.34. The molecule has 1 N–H and O–H groups in total. The van der Waals surface area contributed by atoms with Gasteiger partial charge in [-0.2, -0.15) is 0 Å². The highest BCUT2D eigenvalue weighted by Gasteiger charge is 2.13. The van der Waals surface area contributed by atoms with E-state index in [1.165, 1.54) is 5.56 Å². The van der Waals surface area contributed by atoms with Gasteiger partial charge in [0.15, 0.2) is 0 Å². The van der Waals surface area contributed by atoms with Crippen LogP contribution in [-0.2, 0) is 28.0 Å². The molecular weight excluding hydrogens is 336 g/mol. The van der Waals surface area contributed by atoms with Crippen LogP contribution in [0.1, 0.15) is 50.8 Å². The number of carbonyl (C=O) groups is 2. The summed E-state index contributed by atoms with van der Waals surface area (Å²) in [5, 5.41) is 2.95. The normalized spacial score (nSPS) is 11.1. The maximum absolute atomic E-state index is 12.3. The fourth-order valence-corrected chi connectivity index (χ4v) is 2.79. The number of anilines is 1. The third kappa shape index (κ3) is 6.55. The number of aryl methyl sites for hydroxylation is 1. The van der Waals surface area contributed by atoms with E-state index in [-0.39, 0.29) is 17.2 Å². The summed E-state index contributed by atoms with van der Waals surface area (Å²) in [6.07, 6.45) is 1.15. The van der Waals surface area contributed by atoms with Crippen LogP contribution in [-0.4, -0.2) is 23.8 Å². The monoisotopic (exact) mass is 366 g/mol. The fourth-order valence-electron chi connectivity index (χ4n) is 2.79. The fraction of sp³-hybridized carbons (Fsp3) is 0.391. The highest BCUT2D eigenvalue weighted by atomic mass is 16.2. The van der Waals surface area contributed by atoms with Crippen molar-refractivity contribution in [2.24, 2.45) is 0 Å². The van der Waals surface area contributed by atoms with Gasteiger partial charge in [-0.3, -0.25) is 9.59 Å². The Bertz CT molecular complexity index is 789. The van der Waals surface area contributed by atoms with Crippen LogP contribution in [0.2, 0.25) is 0 Å². The average molecular weight is 367 g/mol. The van der Waals surface area contributed by atoms with Gasteiger partial charge in [-0.25, -0.2) is 0 Å². The van der Waals surface area contributed by atoms with Crippen molar-refractivity contribution >= 4 is 17.5 Å². The van der Waals surface area contributed by atoms with Crippen molar-refractivity contribution in [2.45, 2.75) is 52.5 Å². The minimum absolute atomic E-state index is 0.00743. The van der Waals surface area contributed by atoms with E-state index in [0.717, 1.165) is 16.8 Å². The lowest BCUT2D eigenvalue weighted by atomic mass is 9.86. The van der Waals surface area contributed by atoms with Crippen LogP contribution in [0, 0.1) is 0 Å². The second-order valence-electron chi connectivity index (χ2n) is 8.07. The molecule has 0 bridgehead atoms. The van der Waals surface area contributed by atoms with Crippen LogP contribution >= 0.6 is 0 Å². The Morgan fingerprint density at radius 1 is 1.00 bits per heavy atom. The van der Waals surface area contributed by atoms with Gasteiger partial charge in [-0.1, -0.05) is 57.2 Å². The van der Waals surface area contributed by atoms with Gasteiger partial charge < -0.3 is 10.2 Å². The van der Waals surface area contributed by atoms with E-state index in [2.05, 4.69) is 50.4 Å². The number of rotatable bonds is 6. The van der Waals surface area contributed by atoms with Crippen LogP contribution < -0.4 is 5.32 Å². The molecule has 0 aliphatic rings. The van der Waals surface area contributed by atoms with Crippen LogP contribution in [0.25, 0.3) is 0 Å². The number of hydrogen-bond acceptors (Lipinski definition) is 2. The molecule has 144 valence electrons. The molecule has 4 nitrogen and oxygen atoms in total. The van der Waals surface area contributed by atoms with Crippen molar-refractivity contribution in [3.05, 3.63) is 65.2 Å². The number of hydrogen-bond donors (Lipinski definition) is 1. The molecular formula is C23H30N2O2. The Balaban J connectivity index is 1.89. The van der Waals surface area contributed by atoms with Crippen molar-refractivity contribution in [3.8, 4) is 0 Å². The molecule has 0 fully saturated rings. The van der Waals surface area contributed by atoms with E-state index in [1.807, 2.05) is 24.3 Å². The summed E-state index contributed by atoms with van der Waals surface area (Å²) >= 11 is 0. The molecule has 2 rings (SSSR count). The first-order valence-electron chi connectivity index (χ1n) is 9.35. The second-order valence-corrected chi connectivity index (χ2v) is 8.07. The van der Waals surface area contributed by atoms with E-state index in [9.17, 15) is 9.59 Å². The Morgan fingerprint density at radius 3 is 2.26 bits per heavy atom. The van der Waals surface area contributed by atoms with E-state index in [4.69, 9.17) is 0 Å². The maximum Gasteiger partial charge on any atom is 0.224 e. The van der Waals surface area contributed by atoms with Gasteiger partial charge in [0.1, 0.15) is 0 Å². The van der Waals surface area contributed by atoms with Crippen LogP contribution in [0.15, 0.2) is 48.5 Å². The predicted octanol–water partition coefficient (Wildman–Crippen LogP) is 4.53. The van der Waals surface area contributed by atoms with Crippen molar-refractivity contribution in [2.75, 3.05) is 12.4 Å². The first-order valence-corrected chi connectivity index (χ1v) is 9.35. The quantitative estimate of drug-likeness (QED) is 0.816. The van der Waals surface area contributed by atoms with Gasteiger partial charge in [0.05, 0.1) is 0 Å². The molecule has 0 saturated heterocycles. The van der Waals surface area contributed by atoms with Gasteiger partial charge in [0.2, 0.25) is 11.8 Å². The Hall–Kier alpha value is -2.62. The van der Waals surface area contributed by atoms with Crippen molar-refractivity contribution < 1.29 is 9.59 Å². The first-order chi connectivity index (χ1) is 12.6. The summed E-state index contributed by atoms with van der Waals surface area (Å²) < 4.78 is 0. The summed E-state index contributed by atoms with van der Waals surface area (Å²) in [6, 6.07) is 16.1. The van der Waals surface area contributed by atoms with Crippen LogP contribution in [0.4, 0.5) is 5.69 Å². The third-order valence-corrected chi connectivity index (χ3v) is 4.63. The Labute approximate surface area is 162 Å². The highest BCUT2D eigenvalue weighted by Crippen LogP contribution is 2.22. The third-order valence-electron chi connectivity index (χ3n) is 4.63. The largest absolute Gasteiger partial charge is 0.342 e. The lowest BCUT2D eigenvalue weighted by Gasteiger charge is -2.19. The number of carbonyl (C=O) groups excluding carboxylic acids is 2. The van der Waals surface area contributed by atoms with Gasteiger partial charge in [0, 0.05) is 32.6 Å².